The van der Waals surface area contributed by atoms with Gasteiger partial charge in [0.2, 0.25) is 5.88 Å². The zero-order valence-corrected chi connectivity index (χ0v) is 11.5. The molecule has 0 saturated heterocycles. The molecule has 20 heavy (non-hydrogen) atoms. The highest BCUT2D eigenvalue weighted by molar-refractivity contribution is 7.16. The molecule has 0 aliphatic rings. The lowest BCUT2D eigenvalue weighted by Crippen LogP contribution is -2.11. The van der Waals surface area contributed by atoms with Crippen molar-refractivity contribution in [2.45, 2.75) is 0 Å². The number of hydrogen-bond donors (Lipinski definition) is 1. The number of nitrogens with one attached hydrogen (secondary N) is 1. The minimum atomic E-state index is -0.174. The summed E-state index contributed by atoms with van der Waals surface area (Å²) in [7, 11) is 1.55. The third kappa shape index (κ3) is 2.46. The van der Waals surface area contributed by atoms with Gasteiger partial charge in [0.05, 0.1) is 34.7 Å². The Morgan fingerprint density at radius 3 is 2.90 bits per heavy atom. The van der Waals surface area contributed by atoms with Gasteiger partial charge < -0.3 is 10.1 Å². The first-order chi connectivity index (χ1) is 9.76. The number of carbonyl (C=O) groups excluding carboxylic acids is 1. The van der Waals surface area contributed by atoms with Crippen LogP contribution in [0.1, 0.15) is 10.4 Å². The predicted molar refractivity (Wildman–Crippen MR) is 78.4 cm³/mol. The first-order valence-corrected chi connectivity index (χ1v) is 6.79. The molecular formula is C14H11N3O2S. The number of carbonyl (C=O) groups is 1. The second-order valence-electron chi connectivity index (χ2n) is 4.08. The topological polar surface area (TPSA) is 64.1 Å². The molecule has 1 amide bonds. The van der Waals surface area contributed by atoms with Gasteiger partial charge in [0.25, 0.3) is 5.91 Å². The van der Waals surface area contributed by atoms with E-state index in [4.69, 9.17) is 4.74 Å². The maximum absolute atomic E-state index is 12.1. The van der Waals surface area contributed by atoms with E-state index < -0.39 is 0 Å². The van der Waals surface area contributed by atoms with Gasteiger partial charge in [-0.3, -0.25) is 4.79 Å². The summed E-state index contributed by atoms with van der Waals surface area (Å²) in [6.07, 6.45) is 1.56. The number of thiazole rings is 1. The Hall–Kier alpha value is -2.47. The molecule has 100 valence electrons. The summed E-state index contributed by atoms with van der Waals surface area (Å²) in [6, 6.07) is 8.87. The van der Waals surface area contributed by atoms with Gasteiger partial charge >= 0.3 is 0 Å². The first-order valence-electron chi connectivity index (χ1n) is 5.91. The number of aromatic nitrogens is 2. The molecule has 2 heterocycles. The first kappa shape index (κ1) is 12.6. The summed E-state index contributed by atoms with van der Waals surface area (Å²) in [6.45, 7) is 0. The van der Waals surface area contributed by atoms with Crippen LogP contribution in [0, 0.1) is 0 Å². The summed E-state index contributed by atoms with van der Waals surface area (Å²) >= 11 is 1.51. The van der Waals surface area contributed by atoms with Crippen LogP contribution in [0.4, 0.5) is 5.69 Å². The minimum Gasteiger partial charge on any atom is -0.481 e. The molecule has 0 bridgehead atoms. The van der Waals surface area contributed by atoms with E-state index >= 15 is 0 Å². The molecule has 3 aromatic rings. The molecule has 0 unspecified atom stereocenters. The Bertz CT molecular complexity index is 752. The number of benzene rings is 1. The molecule has 3 rings (SSSR count). The Balaban J connectivity index is 1.80. The number of amides is 1. The van der Waals surface area contributed by atoms with Crippen LogP contribution in [0.3, 0.4) is 0 Å². The largest absolute Gasteiger partial charge is 0.481 e. The molecule has 6 heteroatoms. The summed E-state index contributed by atoms with van der Waals surface area (Å²) in [5, 5.41) is 2.79. The molecule has 0 saturated carbocycles. The smallest absolute Gasteiger partial charge is 0.255 e. The number of nitrogens with zero attached hydrogens (tertiary/aromatic N) is 2. The van der Waals surface area contributed by atoms with E-state index in [2.05, 4.69) is 15.3 Å². The number of fused-ring (bicyclic) bond motifs is 1. The van der Waals surface area contributed by atoms with Crippen molar-refractivity contribution in [2.75, 3.05) is 12.4 Å². The lowest BCUT2D eigenvalue weighted by molar-refractivity contribution is 0.102. The van der Waals surface area contributed by atoms with Gasteiger partial charge in [-0.15, -0.1) is 11.3 Å². The highest BCUT2D eigenvalue weighted by Crippen LogP contribution is 2.20. The van der Waals surface area contributed by atoms with Gasteiger partial charge in [0.1, 0.15) is 0 Å². The van der Waals surface area contributed by atoms with E-state index in [0.29, 0.717) is 17.1 Å². The SMILES string of the molecule is COc1ccc(NC(=O)c2ccc3ncsc3c2)cn1. The lowest BCUT2D eigenvalue weighted by Gasteiger charge is -2.05. The summed E-state index contributed by atoms with van der Waals surface area (Å²) in [4.78, 5) is 20.4. The van der Waals surface area contributed by atoms with E-state index in [1.54, 1.807) is 37.0 Å². The molecule has 5 nitrogen and oxygen atoms in total. The zero-order valence-electron chi connectivity index (χ0n) is 10.7. The van der Waals surface area contributed by atoms with Gasteiger partial charge in [-0.1, -0.05) is 0 Å². The number of hydrogen-bond acceptors (Lipinski definition) is 5. The fourth-order valence-electron chi connectivity index (χ4n) is 1.77. The predicted octanol–water partition coefficient (Wildman–Crippen LogP) is 2.95. The zero-order chi connectivity index (χ0) is 13.9. The van der Waals surface area contributed by atoms with Gasteiger partial charge in [0.15, 0.2) is 0 Å². The van der Waals surface area contributed by atoms with Crippen molar-refractivity contribution < 1.29 is 9.53 Å². The summed E-state index contributed by atoms with van der Waals surface area (Å²) < 4.78 is 5.96. The van der Waals surface area contributed by atoms with Crippen LogP contribution < -0.4 is 10.1 Å². The van der Waals surface area contributed by atoms with Crippen LogP contribution >= 0.6 is 11.3 Å². The van der Waals surface area contributed by atoms with E-state index in [0.717, 1.165) is 10.2 Å². The number of anilines is 1. The van der Waals surface area contributed by atoms with Crippen LogP contribution in [0.2, 0.25) is 0 Å². The van der Waals surface area contributed by atoms with E-state index in [1.807, 2.05) is 12.1 Å². The summed E-state index contributed by atoms with van der Waals surface area (Å²) in [5.41, 5.74) is 3.88. The number of methoxy groups -OCH3 is 1. The molecule has 0 atom stereocenters. The second kappa shape index (κ2) is 5.26. The third-order valence-corrected chi connectivity index (χ3v) is 3.59. The van der Waals surface area contributed by atoms with E-state index in [-0.39, 0.29) is 5.91 Å². The van der Waals surface area contributed by atoms with Crippen molar-refractivity contribution in [3.05, 3.63) is 47.6 Å². The lowest BCUT2D eigenvalue weighted by atomic mass is 10.2. The van der Waals surface area contributed by atoms with Crippen molar-refractivity contribution in [3.8, 4) is 5.88 Å². The number of pyridine rings is 1. The van der Waals surface area contributed by atoms with E-state index in [1.165, 1.54) is 11.3 Å². The van der Waals surface area contributed by atoms with Gasteiger partial charge in [0, 0.05) is 11.6 Å². The maximum Gasteiger partial charge on any atom is 0.255 e. The monoisotopic (exact) mass is 285 g/mol. The highest BCUT2D eigenvalue weighted by atomic mass is 32.1. The minimum absolute atomic E-state index is 0.174. The van der Waals surface area contributed by atoms with E-state index in [9.17, 15) is 4.79 Å². The van der Waals surface area contributed by atoms with Crippen molar-refractivity contribution in [1.29, 1.82) is 0 Å². The van der Waals surface area contributed by atoms with Crippen molar-refractivity contribution >= 4 is 33.1 Å². The Kier molecular flexibility index (Phi) is 3.30. The Labute approximate surface area is 119 Å². The van der Waals surface area contributed by atoms with Gasteiger partial charge in [-0.2, -0.15) is 0 Å². The number of rotatable bonds is 3. The highest BCUT2D eigenvalue weighted by Gasteiger charge is 2.08. The molecule has 1 N–H and O–H groups in total. The van der Waals surface area contributed by atoms with Crippen LogP contribution in [-0.2, 0) is 0 Å². The third-order valence-electron chi connectivity index (χ3n) is 2.80. The molecule has 0 fully saturated rings. The van der Waals surface area contributed by atoms with Gasteiger partial charge in [-0.25, -0.2) is 9.97 Å². The molecule has 0 radical (unpaired) electrons. The van der Waals surface area contributed by atoms with Crippen LogP contribution in [0.25, 0.3) is 10.2 Å². The van der Waals surface area contributed by atoms with Crippen molar-refractivity contribution in [1.82, 2.24) is 9.97 Å². The molecule has 2 aromatic heterocycles. The van der Waals surface area contributed by atoms with Crippen LogP contribution in [0.15, 0.2) is 42.0 Å². The second-order valence-corrected chi connectivity index (χ2v) is 4.96. The average Bonchev–Trinajstić information content (AvgIpc) is 2.95. The average molecular weight is 285 g/mol. The molecule has 1 aromatic carbocycles. The normalized spacial score (nSPS) is 10.4. The fourth-order valence-corrected chi connectivity index (χ4v) is 2.49. The summed E-state index contributed by atoms with van der Waals surface area (Å²) in [5.74, 6) is 0.335. The Morgan fingerprint density at radius 1 is 1.25 bits per heavy atom. The molecular weight excluding hydrogens is 274 g/mol. The quantitative estimate of drug-likeness (QED) is 0.803. The van der Waals surface area contributed by atoms with Crippen LogP contribution in [0.5, 0.6) is 5.88 Å². The standard InChI is InChI=1S/C14H11N3O2S/c1-19-13-5-3-10(7-15-13)17-14(18)9-2-4-11-12(6-9)20-8-16-11/h2-8H,1H3,(H,17,18). The van der Waals surface area contributed by atoms with Crippen molar-refractivity contribution in [3.63, 3.8) is 0 Å². The van der Waals surface area contributed by atoms with Crippen molar-refractivity contribution in [2.24, 2.45) is 0 Å². The Morgan fingerprint density at radius 2 is 2.15 bits per heavy atom. The molecule has 0 aliphatic heterocycles. The number of ether oxygens (including phenoxy) is 1. The molecule has 0 spiro atoms. The molecule has 0 aliphatic carbocycles. The maximum atomic E-state index is 12.1. The van der Waals surface area contributed by atoms with Gasteiger partial charge in [-0.05, 0) is 24.3 Å². The van der Waals surface area contributed by atoms with Crippen LogP contribution in [-0.4, -0.2) is 23.0 Å². The fraction of sp³-hybridized carbons (Fsp3) is 0.0714.